The normalized spacial score (nSPS) is 26.4. The van der Waals surface area contributed by atoms with E-state index >= 15 is 0 Å². The number of carbonyl (C=O) groups excluding carboxylic acids is 2. The van der Waals surface area contributed by atoms with E-state index in [2.05, 4.69) is 24.1 Å². The second-order valence-corrected chi connectivity index (χ2v) is 7.21. The van der Waals surface area contributed by atoms with E-state index in [1.807, 2.05) is 11.8 Å². The Morgan fingerprint density at radius 2 is 1.75 bits per heavy atom. The fourth-order valence-corrected chi connectivity index (χ4v) is 3.71. The van der Waals surface area contributed by atoms with Gasteiger partial charge >= 0.3 is 0 Å². The molecule has 2 atom stereocenters. The summed E-state index contributed by atoms with van der Waals surface area (Å²) in [4.78, 5) is 28.5. The topological polar surface area (TPSA) is 61.9 Å². The molecule has 0 radical (unpaired) electrons. The monoisotopic (exact) mass is 339 g/mol. The predicted molar refractivity (Wildman–Crippen MR) is 93.7 cm³/mol. The van der Waals surface area contributed by atoms with Crippen LogP contribution in [0.1, 0.15) is 46.5 Å². The summed E-state index contributed by atoms with van der Waals surface area (Å²) in [5, 5.41) is 3.07. The highest BCUT2D eigenvalue weighted by Gasteiger charge is 2.27. The first-order valence-corrected chi connectivity index (χ1v) is 9.42. The molecule has 2 saturated heterocycles. The zero-order chi connectivity index (χ0) is 17.5. The summed E-state index contributed by atoms with van der Waals surface area (Å²) < 4.78 is 5.72. The number of likely N-dealkylation sites (tertiary alicyclic amines) is 1. The molecule has 2 unspecified atom stereocenters. The van der Waals surface area contributed by atoms with Gasteiger partial charge in [0.2, 0.25) is 11.8 Å². The van der Waals surface area contributed by atoms with Crippen LogP contribution in [0, 0.1) is 5.92 Å². The van der Waals surface area contributed by atoms with Gasteiger partial charge in [0.05, 0.1) is 12.2 Å². The lowest BCUT2D eigenvalue weighted by atomic mass is 9.95. The molecule has 0 bridgehead atoms. The molecule has 6 nitrogen and oxygen atoms in total. The number of rotatable bonds is 6. The molecule has 1 N–H and O–H groups in total. The highest BCUT2D eigenvalue weighted by molar-refractivity contribution is 5.80. The zero-order valence-electron chi connectivity index (χ0n) is 15.4. The summed E-state index contributed by atoms with van der Waals surface area (Å²) in [6, 6.07) is 0. The molecule has 24 heavy (non-hydrogen) atoms. The van der Waals surface area contributed by atoms with Crippen molar-refractivity contribution in [3.8, 4) is 0 Å². The molecular formula is C18H33N3O3. The largest absolute Gasteiger partial charge is 0.373 e. The van der Waals surface area contributed by atoms with Gasteiger partial charge in [0.15, 0.2) is 0 Å². The molecule has 2 fully saturated rings. The number of carbonyl (C=O) groups is 2. The average molecular weight is 339 g/mol. The van der Waals surface area contributed by atoms with Crippen LogP contribution in [0.15, 0.2) is 0 Å². The van der Waals surface area contributed by atoms with E-state index in [0.717, 1.165) is 52.0 Å². The van der Waals surface area contributed by atoms with E-state index in [1.54, 1.807) is 0 Å². The first-order valence-electron chi connectivity index (χ1n) is 9.42. The summed E-state index contributed by atoms with van der Waals surface area (Å²) in [6.45, 7) is 11.1. The third-order valence-electron chi connectivity index (χ3n) is 4.90. The fraction of sp³-hybridized carbons (Fsp3) is 0.889. The van der Waals surface area contributed by atoms with Crippen LogP contribution in [-0.2, 0) is 14.3 Å². The molecule has 2 amide bonds. The summed E-state index contributed by atoms with van der Waals surface area (Å²) in [6.07, 6.45) is 3.59. The molecule has 2 aliphatic heterocycles. The van der Waals surface area contributed by atoms with Crippen LogP contribution in [0.3, 0.4) is 0 Å². The van der Waals surface area contributed by atoms with Crippen LogP contribution in [0.25, 0.3) is 0 Å². The zero-order valence-corrected chi connectivity index (χ0v) is 15.4. The van der Waals surface area contributed by atoms with Gasteiger partial charge in [0.25, 0.3) is 0 Å². The van der Waals surface area contributed by atoms with Gasteiger partial charge in [0.1, 0.15) is 0 Å². The lowest BCUT2D eigenvalue weighted by Crippen LogP contribution is -2.48. The number of ether oxygens (including phenoxy) is 1. The molecule has 0 aliphatic carbocycles. The van der Waals surface area contributed by atoms with Crippen molar-refractivity contribution < 1.29 is 14.3 Å². The second kappa shape index (κ2) is 9.37. The molecule has 6 heteroatoms. The molecule has 2 heterocycles. The lowest BCUT2D eigenvalue weighted by Gasteiger charge is -2.35. The van der Waals surface area contributed by atoms with E-state index in [1.165, 1.54) is 0 Å². The number of piperidine rings is 1. The first-order chi connectivity index (χ1) is 11.5. The van der Waals surface area contributed by atoms with Crippen molar-refractivity contribution in [2.75, 3.05) is 39.3 Å². The molecule has 0 aromatic carbocycles. The number of hydrogen-bond donors (Lipinski definition) is 1. The summed E-state index contributed by atoms with van der Waals surface area (Å²) in [5.74, 6) is 0.428. The van der Waals surface area contributed by atoms with Crippen molar-refractivity contribution in [2.24, 2.45) is 5.92 Å². The number of morpholine rings is 1. The highest BCUT2D eigenvalue weighted by Crippen LogP contribution is 2.18. The Hall–Kier alpha value is -1.14. The van der Waals surface area contributed by atoms with Gasteiger partial charge in [-0.05, 0) is 33.1 Å². The van der Waals surface area contributed by atoms with E-state index in [4.69, 9.17) is 4.74 Å². The summed E-state index contributed by atoms with van der Waals surface area (Å²) in [5.41, 5.74) is 0. The third-order valence-corrected chi connectivity index (χ3v) is 4.90. The Balaban J connectivity index is 1.64. The number of nitrogens with zero attached hydrogens (tertiary/aromatic N) is 2. The van der Waals surface area contributed by atoms with Gasteiger partial charge in [-0.15, -0.1) is 0 Å². The van der Waals surface area contributed by atoms with Crippen LogP contribution in [0.2, 0.25) is 0 Å². The fourth-order valence-electron chi connectivity index (χ4n) is 3.71. The Morgan fingerprint density at radius 3 is 2.33 bits per heavy atom. The minimum atomic E-state index is 0.0539. The SMILES string of the molecule is CCCC(=O)N1CCC(C(=O)NCCN2CC(C)OC(C)C2)CC1. The molecular weight excluding hydrogens is 306 g/mol. The average Bonchev–Trinajstić information content (AvgIpc) is 2.54. The quantitative estimate of drug-likeness (QED) is 0.791. The van der Waals surface area contributed by atoms with Gasteiger partial charge < -0.3 is 15.0 Å². The maximum absolute atomic E-state index is 12.3. The van der Waals surface area contributed by atoms with Gasteiger partial charge in [-0.25, -0.2) is 0 Å². The van der Waals surface area contributed by atoms with Gasteiger partial charge in [-0.3, -0.25) is 14.5 Å². The van der Waals surface area contributed by atoms with Crippen molar-refractivity contribution in [1.29, 1.82) is 0 Å². The number of hydrogen-bond acceptors (Lipinski definition) is 4. The molecule has 2 rings (SSSR count). The second-order valence-electron chi connectivity index (χ2n) is 7.21. The van der Waals surface area contributed by atoms with E-state index < -0.39 is 0 Å². The van der Waals surface area contributed by atoms with Crippen LogP contribution in [0.5, 0.6) is 0 Å². The molecule has 0 aromatic heterocycles. The van der Waals surface area contributed by atoms with Crippen LogP contribution in [0.4, 0.5) is 0 Å². The summed E-state index contributed by atoms with van der Waals surface area (Å²) >= 11 is 0. The molecule has 0 spiro atoms. The van der Waals surface area contributed by atoms with Gasteiger partial charge in [-0.1, -0.05) is 6.92 Å². The van der Waals surface area contributed by atoms with E-state index in [9.17, 15) is 9.59 Å². The van der Waals surface area contributed by atoms with Crippen molar-refractivity contribution in [1.82, 2.24) is 15.1 Å². The summed E-state index contributed by atoms with van der Waals surface area (Å²) in [7, 11) is 0. The standard InChI is InChI=1S/C18H33N3O3/c1-4-5-17(22)21-9-6-16(7-10-21)18(23)19-8-11-20-12-14(2)24-15(3)13-20/h14-16H,4-13H2,1-3H3,(H,19,23). The maximum atomic E-state index is 12.3. The van der Waals surface area contributed by atoms with Crippen LogP contribution < -0.4 is 5.32 Å². The number of amides is 2. The molecule has 138 valence electrons. The smallest absolute Gasteiger partial charge is 0.223 e. The minimum Gasteiger partial charge on any atom is -0.373 e. The van der Waals surface area contributed by atoms with Crippen LogP contribution in [-0.4, -0.2) is 73.1 Å². The Labute approximate surface area is 145 Å². The Kier molecular flexibility index (Phi) is 7.49. The maximum Gasteiger partial charge on any atom is 0.223 e. The lowest BCUT2D eigenvalue weighted by molar-refractivity contribution is -0.135. The van der Waals surface area contributed by atoms with Crippen molar-refractivity contribution in [3.05, 3.63) is 0 Å². The van der Waals surface area contributed by atoms with Crippen molar-refractivity contribution in [3.63, 3.8) is 0 Å². The highest BCUT2D eigenvalue weighted by atomic mass is 16.5. The third kappa shape index (κ3) is 5.74. The van der Waals surface area contributed by atoms with Crippen molar-refractivity contribution in [2.45, 2.75) is 58.7 Å². The minimum absolute atomic E-state index is 0.0539. The Morgan fingerprint density at radius 1 is 1.12 bits per heavy atom. The number of nitrogens with one attached hydrogen (secondary N) is 1. The van der Waals surface area contributed by atoms with Crippen LogP contribution >= 0.6 is 0 Å². The Bertz CT molecular complexity index is 412. The van der Waals surface area contributed by atoms with E-state index in [0.29, 0.717) is 13.0 Å². The van der Waals surface area contributed by atoms with Gasteiger partial charge in [-0.2, -0.15) is 0 Å². The molecule has 0 aromatic rings. The first kappa shape index (κ1) is 19.2. The van der Waals surface area contributed by atoms with E-state index in [-0.39, 0.29) is 29.9 Å². The molecule has 2 aliphatic rings. The van der Waals surface area contributed by atoms with Crippen molar-refractivity contribution >= 4 is 11.8 Å². The van der Waals surface area contributed by atoms with Gasteiger partial charge in [0, 0.05) is 51.6 Å². The predicted octanol–water partition coefficient (Wildman–Crippen LogP) is 1.25. The molecule has 0 saturated carbocycles.